The van der Waals surface area contributed by atoms with Gasteiger partial charge in [0.25, 0.3) is 5.91 Å². The van der Waals surface area contributed by atoms with Crippen molar-refractivity contribution in [1.29, 1.82) is 0 Å². The molecule has 7 nitrogen and oxygen atoms in total. The molecule has 0 radical (unpaired) electrons. The zero-order valence-electron chi connectivity index (χ0n) is 15.6. The highest BCUT2D eigenvalue weighted by Gasteiger charge is 2.17. The molecule has 1 N–H and O–H groups in total. The van der Waals surface area contributed by atoms with Gasteiger partial charge < -0.3 is 15.0 Å². The van der Waals surface area contributed by atoms with Gasteiger partial charge in [-0.2, -0.15) is 0 Å². The zero-order valence-corrected chi connectivity index (χ0v) is 15.6. The van der Waals surface area contributed by atoms with Crippen LogP contribution in [0.25, 0.3) is 0 Å². The molecule has 2 aromatic rings. The second kappa shape index (κ2) is 8.94. The number of carbonyl (C=O) groups is 2. The SMILES string of the molecule is CCOC(=O)c1ccccc1Nc1nc(C)cc(C(=O)N(CC)CC)n1. The van der Waals surface area contributed by atoms with Gasteiger partial charge in [0.2, 0.25) is 5.95 Å². The van der Waals surface area contributed by atoms with Gasteiger partial charge in [-0.1, -0.05) is 12.1 Å². The molecule has 0 spiro atoms. The van der Waals surface area contributed by atoms with Crippen LogP contribution < -0.4 is 5.32 Å². The van der Waals surface area contributed by atoms with Crippen molar-refractivity contribution in [2.24, 2.45) is 0 Å². The standard InChI is InChI=1S/C19H24N4O3/c1-5-23(6-2)17(24)16-12-13(4)20-19(22-16)21-15-11-9-8-10-14(15)18(25)26-7-3/h8-12H,5-7H2,1-4H3,(H,20,21,22). The molecule has 0 aliphatic carbocycles. The van der Waals surface area contributed by atoms with Crippen LogP contribution in [0.3, 0.4) is 0 Å². The fourth-order valence-electron chi connectivity index (χ4n) is 2.51. The number of aryl methyl sites for hydroxylation is 1. The van der Waals surface area contributed by atoms with E-state index >= 15 is 0 Å². The lowest BCUT2D eigenvalue weighted by molar-refractivity contribution is 0.0527. The first-order valence-electron chi connectivity index (χ1n) is 8.68. The topological polar surface area (TPSA) is 84.4 Å². The Morgan fingerprint density at radius 1 is 1.12 bits per heavy atom. The normalized spacial score (nSPS) is 10.3. The van der Waals surface area contributed by atoms with Crippen LogP contribution in [-0.2, 0) is 4.74 Å². The van der Waals surface area contributed by atoms with E-state index in [2.05, 4.69) is 15.3 Å². The molecule has 1 aromatic carbocycles. The maximum absolute atomic E-state index is 12.6. The molecule has 2 rings (SSSR count). The summed E-state index contributed by atoms with van der Waals surface area (Å²) in [5.74, 6) is -0.317. The zero-order chi connectivity index (χ0) is 19.1. The summed E-state index contributed by atoms with van der Waals surface area (Å²) in [6.45, 7) is 8.89. The number of para-hydroxylation sites is 1. The summed E-state index contributed by atoms with van der Waals surface area (Å²) in [7, 11) is 0. The van der Waals surface area contributed by atoms with Crippen molar-refractivity contribution >= 4 is 23.5 Å². The van der Waals surface area contributed by atoms with Crippen LogP contribution in [0.15, 0.2) is 30.3 Å². The van der Waals surface area contributed by atoms with Crippen LogP contribution in [0, 0.1) is 6.92 Å². The molecule has 0 unspecified atom stereocenters. The average Bonchev–Trinajstić information content (AvgIpc) is 2.62. The number of nitrogens with zero attached hydrogens (tertiary/aromatic N) is 3. The molecule has 0 bridgehead atoms. The number of anilines is 2. The summed E-state index contributed by atoms with van der Waals surface area (Å²) in [5.41, 5.74) is 1.89. The summed E-state index contributed by atoms with van der Waals surface area (Å²) in [5, 5.41) is 3.03. The Morgan fingerprint density at radius 2 is 1.81 bits per heavy atom. The molecule has 0 saturated heterocycles. The number of benzene rings is 1. The minimum Gasteiger partial charge on any atom is -0.462 e. The van der Waals surface area contributed by atoms with E-state index in [4.69, 9.17) is 4.74 Å². The minimum atomic E-state index is -0.428. The lowest BCUT2D eigenvalue weighted by Gasteiger charge is -2.18. The van der Waals surface area contributed by atoms with Gasteiger partial charge in [0.05, 0.1) is 17.9 Å². The van der Waals surface area contributed by atoms with Crippen molar-refractivity contribution in [3.05, 3.63) is 47.3 Å². The fraction of sp³-hybridized carbons (Fsp3) is 0.368. The molecule has 1 heterocycles. The van der Waals surface area contributed by atoms with Crippen LogP contribution in [0.1, 0.15) is 47.3 Å². The summed E-state index contributed by atoms with van der Waals surface area (Å²) in [6, 6.07) is 8.61. The molecular formula is C19H24N4O3. The third kappa shape index (κ3) is 4.56. The first kappa shape index (κ1) is 19.4. The molecule has 7 heteroatoms. The quantitative estimate of drug-likeness (QED) is 0.767. The van der Waals surface area contributed by atoms with Gasteiger partial charge in [-0.15, -0.1) is 0 Å². The largest absolute Gasteiger partial charge is 0.462 e. The molecule has 0 fully saturated rings. The third-order valence-corrected chi connectivity index (χ3v) is 3.79. The number of aromatic nitrogens is 2. The lowest BCUT2D eigenvalue weighted by atomic mass is 10.2. The van der Waals surface area contributed by atoms with Gasteiger partial charge in [0.15, 0.2) is 0 Å². The fourth-order valence-corrected chi connectivity index (χ4v) is 2.51. The molecule has 0 aliphatic rings. The van der Waals surface area contributed by atoms with Crippen LogP contribution in [0.2, 0.25) is 0 Å². The van der Waals surface area contributed by atoms with Crippen molar-refractivity contribution in [3.63, 3.8) is 0 Å². The Morgan fingerprint density at radius 3 is 2.46 bits per heavy atom. The second-order valence-electron chi connectivity index (χ2n) is 5.59. The maximum atomic E-state index is 12.6. The van der Waals surface area contributed by atoms with E-state index in [1.54, 1.807) is 49.1 Å². The highest BCUT2D eigenvalue weighted by Crippen LogP contribution is 2.20. The Bertz CT molecular complexity index is 788. The molecule has 26 heavy (non-hydrogen) atoms. The van der Waals surface area contributed by atoms with Crippen molar-refractivity contribution in [3.8, 4) is 0 Å². The highest BCUT2D eigenvalue weighted by atomic mass is 16.5. The molecule has 138 valence electrons. The highest BCUT2D eigenvalue weighted by molar-refractivity contribution is 5.96. The summed E-state index contributed by atoms with van der Waals surface area (Å²) >= 11 is 0. The van der Waals surface area contributed by atoms with Crippen molar-refractivity contribution in [2.45, 2.75) is 27.7 Å². The van der Waals surface area contributed by atoms with Crippen LogP contribution in [0.5, 0.6) is 0 Å². The van der Waals surface area contributed by atoms with Crippen LogP contribution in [-0.4, -0.2) is 46.4 Å². The summed E-state index contributed by atoms with van der Waals surface area (Å²) in [6.07, 6.45) is 0. The monoisotopic (exact) mass is 356 g/mol. The predicted octanol–water partition coefficient (Wildman–Crippen LogP) is 3.19. The minimum absolute atomic E-state index is 0.151. The Labute approximate surface area is 153 Å². The lowest BCUT2D eigenvalue weighted by Crippen LogP contribution is -2.31. The van der Waals surface area contributed by atoms with Crippen LogP contribution >= 0.6 is 0 Å². The molecular weight excluding hydrogens is 332 g/mol. The Hall–Kier alpha value is -2.96. The number of amides is 1. The van der Waals surface area contributed by atoms with E-state index in [9.17, 15) is 9.59 Å². The second-order valence-corrected chi connectivity index (χ2v) is 5.59. The molecule has 0 saturated carbocycles. The molecule has 1 aromatic heterocycles. The van der Waals surface area contributed by atoms with Crippen LogP contribution in [0.4, 0.5) is 11.6 Å². The summed E-state index contributed by atoms with van der Waals surface area (Å²) < 4.78 is 5.07. The average molecular weight is 356 g/mol. The van der Waals surface area contributed by atoms with Gasteiger partial charge in [0, 0.05) is 18.8 Å². The van der Waals surface area contributed by atoms with Gasteiger partial charge in [0.1, 0.15) is 5.69 Å². The number of carbonyl (C=O) groups excluding carboxylic acids is 2. The van der Waals surface area contributed by atoms with Gasteiger partial charge in [-0.05, 0) is 45.9 Å². The number of nitrogens with one attached hydrogen (secondary N) is 1. The van der Waals surface area contributed by atoms with Crippen molar-refractivity contribution < 1.29 is 14.3 Å². The van der Waals surface area contributed by atoms with Gasteiger partial charge in [-0.3, -0.25) is 4.79 Å². The number of hydrogen-bond donors (Lipinski definition) is 1. The third-order valence-electron chi connectivity index (χ3n) is 3.79. The maximum Gasteiger partial charge on any atom is 0.340 e. The van der Waals surface area contributed by atoms with Crippen molar-refractivity contribution in [1.82, 2.24) is 14.9 Å². The van der Waals surface area contributed by atoms with Gasteiger partial charge in [-0.25, -0.2) is 14.8 Å². The smallest absolute Gasteiger partial charge is 0.340 e. The number of ether oxygens (including phenoxy) is 1. The first-order valence-corrected chi connectivity index (χ1v) is 8.68. The van der Waals surface area contributed by atoms with E-state index in [0.29, 0.717) is 35.7 Å². The van der Waals surface area contributed by atoms with E-state index in [-0.39, 0.29) is 18.5 Å². The Kier molecular flexibility index (Phi) is 6.66. The number of rotatable bonds is 7. The first-order chi connectivity index (χ1) is 12.5. The predicted molar refractivity (Wildman–Crippen MR) is 99.7 cm³/mol. The summed E-state index contributed by atoms with van der Waals surface area (Å²) in [4.78, 5) is 35.0. The van der Waals surface area contributed by atoms with Gasteiger partial charge >= 0.3 is 5.97 Å². The van der Waals surface area contributed by atoms with E-state index < -0.39 is 5.97 Å². The number of esters is 1. The van der Waals surface area contributed by atoms with Crippen molar-refractivity contribution in [2.75, 3.05) is 25.0 Å². The van der Waals surface area contributed by atoms with E-state index in [1.165, 1.54) is 0 Å². The Balaban J connectivity index is 2.34. The van der Waals surface area contributed by atoms with E-state index in [0.717, 1.165) is 0 Å². The van der Waals surface area contributed by atoms with E-state index in [1.807, 2.05) is 13.8 Å². The number of hydrogen-bond acceptors (Lipinski definition) is 6. The molecule has 0 atom stereocenters. The molecule has 1 amide bonds. The molecule has 0 aliphatic heterocycles.